The summed E-state index contributed by atoms with van der Waals surface area (Å²) >= 11 is 0. The van der Waals surface area contributed by atoms with Crippen molar-refractivity contribution in [2.24, 2.45) is 11.7 Å². The number of nitrogens with two attached hydrogens (primary N) is 1. The summed E-state index contributed by atoms with van der Waals surface area (Å²) in [6.07, 6.45) is 6.88. The molecule has 6 heteroatoms. The van der Waals surface area contributed by atoms with E-state index in [4.69, 9.17) is 5.73 Å². The number of amides is 1. The zero-order valence-electron chi connectivity index (χ0n) is 10.8. The van der Waals surface area contributed by atoms with E-state index in [0.717, 1.165) is 0 Å². The predicted octanol–water partition coefficient (Wildman–Crippen LogP) is 1.41. The van der Waals surface area contributed by atoms with Gasteiger partial charge in [0.2, 0.25) is 5.91 Å². The number of anilines is 1. The first kappa shape index (κ1) is 13.5. The number of primary amides is 1. The van der Waals surface area contributed by atoms with E-state index >= 15 is 0 Å². The van der Waals surface area contributed by atoms with Gasteiger partial charge in [0.05, 0.1) is 11.6 Å². The van der Waals surface area contributed by atoms with Crippen LogP contribution in [0, 0.1) is 11.7 Å². The number of nitrogens with one attached hydrogen (secondary N) is 1. The van der Waals surface area contributed by atoms with Gasteiger partial charge in [-0.1, -0.05) is 19.1 Å². The smallest absolute Gasteiger partial charge is 0.222 e. The van der Waals surface area contributed by atoms with Crippen LogP contribution in [0.2, 0.25) is 0 Å². The van der Waals surface area contributed by atoms with Gasteiger partial charge in [-0.2, -0.15) is 0 Å². The van der Waals surface area contributed by atoms with E-state index < -0.39 is 5.82 Å². The number of halogens is 1. The molecule has 0 aliphatic heterocycles. The van der Waals surface area contributed by atoms with Crippen LogP contribution in [0.1, 0.15) is 25.5 Å². The number of carbonyl (C=O) groups excluding carboxylic acids is 1. The van der Waals surface area contributed by atoms with Crippen LogP contribution in [0.3, 0.4) is 0 Å². The van der Waals surface area contributed by atoms with Crippen LogP contribution in [0.25, 0.3) is 0 Å². The molecule has 1 amide bonds. The number of carbonyl (C=O) groups is 1. The van der Waals surface area contributed by atoms with Gasteiger partial charge in [0.15, 0.2) is 11.6 Å². The summed E-state index contributed by atoms with van der Waals surface area (Å²) in [7, 11) is 0. The Balaban J connectivity index is 2.20. The Labute approximate surface area is 111 Å². The lowest BCUT2D eigenvalue weighted by Crippen LogP contribution is -2.39. The molecule has 1 aliphatic carbocycles. The van der Waals surface area contributed by atoms with Crippen molar-refractivity contribution >= 4 is 11.7 Å². The predicted molar refractivity (Wildman–Crippen MR) is 69.8 cm³/mol. The summed E-state index contributed by atoms with van der Waals surface area (Å²) in [5.41, 5.74) is 5.73. The summed E-state index contributed by atoms with van der Waals surface area (Å²) in [6, 6.07) is -0.225. The monoisotopic (exact) mass is 264 g/mol. The zero-order chi connectivity index (χ0) is 13.8. The largest absolute Gasteiger partial charge is 0.369 e. The topological polar surface area (TPSA) is 80.9 Å². The molecule has 5 nitrogen and oxygen atoms in total. The number of hydrogen-bond donors (Lipinski definition) is 2. The Hall–Kier alpha value is -1.98. The van der Waals surface area contributed by atoms with Gasteiger partial charge in [-0.15, -0.1) is 0 Å². The maximum Gasteiger partial charge on any atom is 0.222 e. The number of nitrogens with zero attached hydrogens (tertiary/aromatic N) is 2. The maximum absolute atomic E-state index is 14.0. The minimum Gasteiger partial charge on any atom is -0.369 e. The first-order valence-electron chi connectivity index (χ1n) is 6.33. The van der Waals surface area contributed by atoms with Crippen molar-refractivity contribution in [3.05, 3.63) is 30.0 Å². The Bertz CT molecular complexity index is 503. The Morgan fingerprint density at radius 2 is 2.21 bits per heavy atom. The third kappa shape index (κ3) is 2.89. The van der Waals surface area contributed by atoms with Crippen LogP contribution in [-0.2, 0) is 11.2 Å². The average molecular weight is 264 g/mol. The molecule has 0 aromatic carbocycles. The van der Waals surface area contributed by atoms with E-state index in [9.17, 15) is 9.18 Å². The molecule has 0 spiro atoms. The molecule has 0 bridgehead atoms. The highest BCUT2D eigenvalue weighted by molar-refractivity contribution is 5.78. The van der Waals surface area contributed by atoms with Crippen LogP contribution in [0.15, 0.2) is 18.5 Å². The van der Waals surface area contributed by atoms with Gasteiger partial charge < -0.3 is 11.1 Å². The standard InChI is InChI=1S/C13H17FN4O/c1-2-9-11(14)13(17-7-16-9)18-10-6-4-3-5-8(10)12(15)19/h3-4,7-8,10H,2,5-6H2,1H3,(H2,15,19)(H,16,17,18)/t8-,10-/m1/s1. The Morgan fingerprint density at radius 3 is 2.89 bits per heavy atom. The first-order valence-corrected chi connectivity index (χ1v) is 6.33. The Kier molecular flexibility index (Phi) is 4.09. The highest BCUT2D eigenvalue weighted by Gasteiger charge is 2.28. The molecule has 3 N–H and O–H groups in total. The SMILES string of the molecule is CCc1ncnc(N[C@@H]2CC=CC[C@H]2C(N)=O)c1F. The van der Waals surface area contributed by atoms with Crippen LogP contribution in [0.5, 0.6) is 0 Å². The van der Waals surface area contributed by atoms with Crippen molar-refractivity contribution < 1.29 is 9.18 Å². The third-order valence-corrected chi connectivity index (χ3v) is 3.32. The van der Waals surface area contributed by atoms with Gasteiger partial charge in [0.1, 0.15) is 6.33 Å². The second-order valence-corrected chi connectivity index (χ2v) is 4.54. The molecule has 1 heterocycles. The first-order chi connectivity index (χ1) is 9.13. The zero-order valence-corrected chi connectivity index (χ0v) is 10.8. The quantitative estimate of drug-likeness (QED) is 0.806. The second-order valence-electron chi connectivity index (χ2n) is 4.54. The van der Waals surface area contributed by atoms with E-state index in [1.807, 2.05) is 19.1 Å². The summed E-state index contributed by atoms with van der Waals surface area (Å²) < 4.78 is 14.0. The average Bonchev–Trinajstić information content (AvgIpc) is 2.41. The molecule has 0 saturated heterocycles. The van der Waals surface area contributed by atoms with Crippen molar-refractivity contribution in [1.82, 2.24) is 9.97 Å². The molecule has 0 saturated carbocycles. The molecule has 2 rings (SSSR count). The van der Waals surface area contributed by atoms with E-state index in [0.29, 0.717) is 25.0 Å². The van der Waals surface area contributed by atoms with Gasteiger partial charge >= 0.3 is 0 Å². The molecule has 19 heavy (non-hydrogen) atoms. The molecule has 102 valence electrons. The molecule has 2 atom stereocenters. The van der Waals surface area contributed by atoms with Gasteiger partial charge in [-0.05, 0) is 19.3 Å². The lowest BCUT2D eigenvalue weighted by molar-refractivity contribution is -0.122. The van der Waals surface area contributed by atoms with Crippen molar-refractivity contribution in [3.63, 3.8) is 0 Å². The van der Waals surface area contributed by atoms with Gasteiger partial charge in [0, 0.05) is 6.04 Å². The van der Waals surface area contributed by atoms with E-state index in [1.54, 1.807) is 0 Å². The second kappa shape index (κ2) is 5.77. The number of hydrogen-bond acceptors (Lipinski definition) is 4. The number of aryl methyl sites for hydroxylation is 1. The molecule has 1 aliphatic rings. The number of rotatable bonds is 4. The van der Waals surface area contributed by atoms with Gasteiger partial charge in [-0.3, -0.25) is 4.79 Å². The lowest BCUT2D eigenvalue weighted by Gasteiger charge is -2.27. The van der Waals surface area contributed by atoms with E-state index in [-0.39, 0.29) is 23.7 Å². The summed E-state index contributed by atoms with van der Waals surface area (Å²) in [5.74, 6) is -1.04. The summed E-state index contributed by atoms with van der Waals surface area (Å²) in [5, 5.41) is 2.98. The van der Waals surface area contributed by atoms with Gasteiger partial charge in [0.25, 0.3) is 0 Å². The molecule has 0 unspecified atom stereocenters. The Morgan fingerprint density at radius 1 is 1.47 bits per heavy atom. The van der Waals surface area contributed by atoms with Crippen LogP contribution < -0.4 is 11.1 Å². The lowest BCUT2D eigenvalue weighted by atomic mass is 9.88. The van der Waals surface area contributed by atoms with Crippen molar-refractivity contribution in [2.45, 2.75) is 32.2 Å². The fraction of sp³-hybridized carbons (Fsp3) is 0.462. The highest BCUT2D eigenvalue weighted by Crippen LogP contribution is 2.23. The van der Waals surface area contributed by atoms with Crippen LogP contribution in [0.4, 0.5) is 10.2 Å². The van der Waals surface area contributed by atoms with Crippen LogP contribution >= 0.6 is 0 Å². The van der Waals surface area contributed by atoms with Gasteiger partial charge in [-0.25, -0.2) is 14.4 Å². The van der Waals surface area contributed by atoms with E-state index in [2.05, 4.69) is 15.3 Å². The fourth-order valence-corrected chi connectivity index (χ4v) is 2.22. The highest BCUT2D eigenvalue weighted by atomic mass is 19.1. The summed E-state index contributed by atoms with van der Waals surface area (Å²) in [6.45, 7) is 1.82. The number of aromatic nitrogens is 2. The normalized spacial score (nSPS) is 22.2. The minimum absolute atomic E-state index is 0.137. The summed E-state index contributed by atoms with van der Waals surface area (Å²) in [4.78, 5) is 19.2. The molecular formula is C13H17FN4O. The van der Waals surface area contributed by atoms with Crippen molar-refractivity contribution in [1.29, 1.82) is 0 Å². The van der Waals surface area contributed by atoms with Crippen molar-refractivity contribution in [2.75, 3.05) is 5.32 Å². The fourth-order valence-electron chi connectivity index (χ4n) is 2.22. The molecule has 1 aromatic rings. The maximum atomic E-state index is 14.0. The molecule has 0 fully saturated rings. The minimum atomic E-state index is -0.456. The van der Waals surface area contributed by atoms with Crippen molar-refractivity contribution in [3.8, 4) is 0 Å². The molecule has 0 radical (unpaired) electrons. The molecular weight excluding hydrogens is 247 g/mol. The van der Waals surface area contributed by atoms with E-state index in [1.165, 1.54) is 6.33 Å². The third-order valence-electron chi connectivity index (χ3n) is 3.32. The van der Waals surface area contributed by atoms with Crippen LogP contribution in [-0.4, -0.2) is 21.9 Å². The molecule has 1 aromatic heterocycles. The number of allylic oxidation sites excluding steroid dienone is 1.